The second kappa shape index (κ2) is 5.70. The van der Waals surface area contributed by atoms with E-state index in [0.717, 1.165) is 6.07 Å². The maximum absolute atomic E-state index is 12.6. The van der Waals surface area contributed by atoms with Crippen LogP contribution >= 0.6 is 0 Å². The van der Waals surface area contributed by atoms with Gasteiger partial charge in [-0.1, -0.05) is 6.92 Å². The monoisotopic (exact) mass is 262 g/mol. The molecule has 1 atom stereocenters. The molecule has 0 fully saturated rings. The minimum Gasteiger partial charge on any atom is -0.481 e. The van der Waals surface area contributed by atoms with E-state index in [1.807, 2.05) is 0 Å². The van der Waals surface area contributed by atoms with E-state index in [0.29, 0.717) is 6.42 Å². The first-order valence-electron chi connectivity index (χ1n) is 5.35. The van der Waals surface area contributed by atoms with Gasteiger partial charge in [0.25, 0.3) is 0 Å². The van der Waals surface area contributed by atoms with Gasteiger partial charge in [-0.2, -0.15) is 13.2 Å². The summed E-state index contributed by atoms with van der Waals surface area (Å²) in [6, 6.07) is 2.08. The Bertz CT molecular complexity index is 421. The van der Waals surface area contributed by atoms with E-state index in [2.05, 4.69) is 10.3 Å². The zero-order chi connectivity index (χ0) is 13.8. The van der Waals surface area contributed by atoms with Crippen molar-refractivity contribution in [2.45, 2.75) is 19.5 Å². The van der Waals surface area contributed by atoms with Crippen LogP contribution in [0.2, 0.25) is 0 Å². The number of halogens is 3. The number of aromatic nitrogens is 1. The molecule has 0 aromatic carbocycles. The molecule has 7 heteroatoms. The number of carboxylic acid groups (broad SMARTS) is 1. The molecule has 0 saturated carbocycles. The van der Waals surface area contributed by atoms with Gasteiger partial charge in [0.1, 0.15) is 5.82 Å². The molecule has 0 bridgehead atoms. The number of aliphatic carboxylic acids is 1. The number of hydrogen-bond acceptors (Lipinski definition) is 3. The molecule has 2 N–H and O–H groups in total. The van der Waals surface area contributed by atoms with Gasteiger partial charge < -0.3 is 10.4 Å². The van der Waals surface area contributed by atoms with Crippen LogP contribution in [0.25, 0.3) is 0 Å². The molecular formula is C11H13F3N2O2. The molecule has 0 amide bonds. The number of pyridine rings is 1. The summed E-state index contributed by atoms with van der Waals surface area (Å²) in [6.07, 6.45) is -2.96. The fraction of sp³-hybridized carbons (Fsp3) is 0.455. The molecule has 18 heavy (non-hydrogen) atoms. The Hall–Kier alpha value is -1.79. The summed E-state index contributed by atoms with van der Waals surface area (Å²) in [5.41, 5.74) is -0.898. The number of carboxylic acids is 1. The molecule has 1 heterocycles. The lowest BCUT2D eigenvalue weighted by Crippen LogP contribution is -2.23. The average Bonchev–Trinajstić information content (AvgIpc) is 2.28. The minimum absolute atomic E-state index is 0.0913. The van der Waals surface area contributed by atoms with E-state index in [9.17, 15) is 18.0 Å². The highest BCUT2D eigenvalue weighted by molar-refractivity contribution is 5.70. The van der Waals surface area contributed by atoms with E-state index in [-0.39, 0.29) is 12.4 Å². The van der Waals surface area contributed by atoms with E-state index in [1.54, 1.807) is 6.92 Å². The first kappa shape index (κ1) is 14.3. The molecule has 1 aromatic heterocycles. The number of nitrogens with one attached hydrogen (secondary N) is 1. The van der Waals surface area contributed by atoms with Gasteiger partial charge >= 0.3 is 12.1 Å². The summed E-state index contributed by atoms with van der Waals surface area (Å²) < 4.78 is 37.9. The van der Waals surface area contributed by atoms with Crippen LogP contribution in [0.5, 0.6) is 0 Å². The van der Waals surface area contributed by atoms with Crippen molar-refractivity contribution in [3.05, 3.63) is 23.9 Å². The maximum Gasteiger partial charge on any atom is 0.419 e. The third kappa shape index (κ3) is 3.61. The Kier molecular flexibility index (Phi) is 4.52. The first-order valence-corrected chi connectivity index (χ1v) is 5.35. The van der Waals surface area contributed by atoms with Crippen molar-refractivity contribution in [2.75, 3.05) is 11.9 Å². The molecule has 100 valence electrons. The number of nitrogens with zero attached hydrogens (tertiary/aromatic N) is 1. The van der Waals surface area contributed by atoms with Gasteiger partial charge in [-0.3, -0.25) is 4.79 Å². The molecule has 1 rings (SSSR count). The van der Waals surface area contributed by atoms with Crippen LogP contribution < -0.4 is 5.32 Å². The Balaban J connectivity index is 2.82. The highest BCUT2D eigenvalue weighted by atomic mass is 19.4. The van der Waals surface area contributed by atoms with Crippen molar-refractivity contribution in [3.63, 3.8) is 0 Å². The molecule has 0 aliphatic carbocycles. The molecule has 0 spiro atoms. The van der Waals surface area contributed by atoms with Crippen molar-refractivity contribution < 1.29 is 23.1 Å². The molecule has 1 unspecified atom stereocenters. The molecule has 0 aliphatic heterocycles. The topological polar surface area (TPSA) is 62.2 Å². The molecule has 0 aliphatic rings. The summed E-state index contributed by atoms with van der Waals surface area (Å²) >= 11 is 0. The van der Waals surface area contributed by atoms with Crippen LogP contribution in [-0.2, 0) is 11.0 Å². The van der Waals surface area contributed by atoms with Crippen LogP contribution in [-0.4, -0.2) is 22.6 Å². The van der Waals surface area contributed by atoms with E-state index >= 15 is 0 Å². The van der Waals surface area contributed by atoms with Gasteiger partial charge in [0.05, 0.1) is 11.5 Å². The van der Waals surface area contributed by atoms with Gasteiger partial charge in [0.2, 0.25) is 0 Å². The van der Waals surface area contributed by atoms with Crippen molar-refractivity contribution in [3.8, 4) is 0 Å². The smallest absolute Gasteiger partial charge is 0.419 e. The van der Waals surface area contributed by atoms with Gasteiger partial charge in [-0.15, -0.1) is 0 Å². The number of anilines is 1. The predicted octanol–water partition coefficient (Wildman–Crippen LogP) is 2.62. The molecule has 1 aromatic rings. The van der Waals surface area contributed by atoms with Gasteiger partial charge in [-0.25, -0.2) is 4.98 Å². The summed E-state index contributed by atoms with van der Waals surface area (Å²) in [7, 11) is 0. The minimum atomic E-state index is -4.51. The van der Waals surface area contributed by atoms with Crippen molar-refractivity contribution in [2.24, 2.45) is 5.92 Å². The fourth-order valence-electron chi connectivity index (χ4n) is 1.40. The van der Waals surface area contributed by atoms with Crippen LogP contribution in [0.1, 0.15) is 18.9 Å². The fourth-order valence-corrected chi connectivity index (χ4v) is 1.40. The predicted molar refractivity (Wildman–Crippen MR) is 59.1 cm³/mol. The first-order chi connectivity index (χ1) is 8.36. The number of alkyl halides is 3. The average molecular weight is 262 g/mol. The standard InChI is InChI=1S/C11H13F3N2O2/c1-2-7(10(17)18)6-16-9-8(11(12,13)14)4-3-5-15-9/h3-5,7H,2,6H2,1H3,(H,15,16)(H,17,18). The lowest BCUT2D eigenvalue weighted by Gasteiger charge is -2.15. The lowest BCUT2D eigenvalue weighted by atomic mass is 10.1. The quantitative estimate of drug-likeness (QED) is 0.856. The Labute approximate surface area is 102 Å². The summed E-state index contributed by atoms with van der Waals surface area (Å²) in [5, 5.41) is 11.2. The second-order valence-corrected chi connectivity index (χ2v) is 3.72. The van der Waals surface area contributed by atoms with Gasteiger partial charge in [0, 0.05) is 12.7 Å². The number of hydrogen-bond donors (Lipinski definition) is 2. The molecule has 0 saturated heterocycles. The summed E-state index contributed by atoms with van der Waals surface area (Å²) in [6.45, 7) is 1.56. The van der Waals surface area contributed by atoms with Crippen LogP contribution in [0.3, 0.4) is 0 Å². The van der Waals surface area contributed by atoms with Crippen LogP contribution in [0.4, 0.5) is 19.0 Å². The van der Waals surface area contributed by atoms with Gasteiger partial charge in [-0.05, 0) is 18.6 Å². The van der Waals surface area contributed by atoms with E-state index < -0.39 is 23.6 Å². The Morgan fingerprint density at radius 2 is 2.22 bits per heavy atom. The lowest BCUT2D eigenvalue weighted by molar-refractivity contribution is -0.141. The van der Waals surface area contributed by atoms with E-state index in [1.165, 1.54) is 12.3 Å². The normalized spacial score (nSPS) is 13.1. The number of rotatable bonds is 5. The third-order valence-electron chi connectivity index (χ3n) is 2.47. The maximum atomic E-state index is 12.6. The highest BCUT2D eigenvalue weighted by Crippen LogP contribution is 2.33. The summed E-state index contributed by atoms with van der Waals surface area (Å²) in [5.74, 6) is -2.13. The second-order valence-electron chi connectivity index (χ2n) is 3.72. The largest absolute Gasteiger partial charge is 0.481 e. The molecular weight excluding hydrogens is 249 g/mol. The van der Waals surface area contributed by atoms with E-state index in [4.69, 9.17) is 5.11 Å². The molecule has 4 nitrogen and oxygen atoms in total. The summed E-state index contributed by atoms with van der Waals surface area (Å²) in [4.78, 5) is 14.3. The van der Waals surface area contributed by atoms with Crippen molar-refractivity contribution in [1.29, 1.82) is 0 Å². The van der Waals surface area contributed by atoms with Crippen molar-refractivity contribution in [1.82, 2.24) is 4.98 Å². The Morgan fingerprint density at radius 1 is 1.56 bits per heavy atom. The molecule has 0 radical (unpaired) electrons. The SMILES string of the molecule is CCC(CNc1ncccc1C(F)(F)F)C(=O)O. The van der Waals surface area contributed by atoms with Crippen molar-refractivity contribution >= 4 is 11.8 Å². The zero-order valence-electron chi connectivity index (χ0n) is 9.66. The van der Waals surface area contributed by atoms with Crippen LogP contribution in [0, 0.1) is 5.92 Å². The Morgan fingerprint density at radius 3 is 2.72 bits per heavy atom. The zero-order valence-corrected chi connectivity index (χ0v) is 9.66. The highest BCUT2D eigenvalue weighted by Gasteiger charge is 2.34. The third-order valence-corrected chi connectivity index (χ3v) is 2.47. The van der Waals surface area contributed by atoms with Gasteiger partial charge in [0.15, 0.2) is 0 Å². The van der Waals surface area contributed by atoms with Crippen LogP contribution in [0.15, 0.2) is 18.3 Å². The number of carbonyl (C=O) groups is 1.